The molecule has 1 aliphatic rings. The second-order valence-corrected chi connectivity index (χ2v) is 5.19. The van der Waals surface area contributed by atoms with E-state index in [2.05, 4.69) is 10.2 Å². The van der Waals surface area contributed by atoms with Crippen LogP contribution < -0.4 is 10.2 Å². The number of nitro groups is 1. The summed E-state index contributed by atoms with van der Waals surface area (Å²) in [7, 11) is 0. The summed E-state index contributed by atoms with van der Waals surface area (Å²) in [4.78, 5) is 23.7. The summed E-state index contributed by atoms with van der Waals surface area (Å²) >= 11 is 0. The summed E-state index contributed by atoms with van der Waals surface area (Å²) in [6.07, 6.45) is 1.80. The molecule has 0 radical (unpaired) electrons. The molecule has 0 atom stereocenters. The zero-order chi connectivity index (χ0) is 14.7. The Balaban J connectivity index is 2.02. The number of carbonyl (C=O) groups is 1. The molecule has 1 amide bonds. The first kappa shape index (κ1) is 14.3. The van der Waals surface area contributed by atoms with Gasteiger partial charge in [-0.25, -0.2) is 0 Å². The van der Waals surface area contributed by atoms with Gasteiger partial charge in [-0.15, -0.1) is 0 Å². The Morgan fingerprint density at radius 3 is 2.55 bits per heavy atom. The predicted octanol–water partition coefficient (Wildman–Crippen LogP) is 2.01. The lowest BCUT2D eigenvalue weighted by molar-refractivity contribution is -0.385. The second kappa shape index (κ2) is 5.90. The van der Waals surface area contributed by atoms with Gasteiger partial charge in [-0.1, -0.05) is 0 Å². The van der Waals surface area contributed by atoms with Crippen molar-refractivity contribution in [3.63, 3.8) is 0 Å². The summed E-state index contributed by atoms with van der Waals surface area (Å²) in [6.45, 7) is 4.99. The molecule has 0 aromatic heterocycles. The highest BCUT2D eigenvalue weighted by Crippen LogP contribution is 2.26. The van der Waals surface area contributed by atoms with Crippen LogP contribution in [0, 0.1) is 17.0 Å². The van der Waals surface area contributed by atoms with E-state index in [4.69, 9.17) is 0 Å². The molecular formula is C14H19N3O3. The minimum atomic E-state index is -0.359. The van der Waals surface area contributed by atoms with Crippen molar-refractivity contribution in [2.75, 3.05) is 18.0 Å². The third-order valence-corrected chi connectivity index (χ3v) is 3.64. The maximum atomic E-state index is 11.0. The molecule has 1 fully saturated rings. The van der Waals surface area contributed by atoms with Crippen molar-refractivity contribution in [3.8, 4) is 0 Å². The quantitative estimate of drug-likeness (QED) is 0.677. The molecular weight excluding hydrogens is 258 g/mol. The van der Waals surface area contributed by atoms with E-state index in [9.17, 15) is 14.9 Å². The van der Waals surface area contributed by atoms with Crippen molar-refractivity contribution >= 4 is 17.3 Å². The summed E-state index contributed by atoms with van der Waals surface area (Å²) in [5.74, 6) is 0.00892. The lowest BCUT2D eigenvalue weighted by atomic mass is 10.0. The Morgan fingerprint density at radius 1 is 1.40 bits per heavy atom. The number of piperidine rings is 1. The Bertz CT molecular complexity index is 522. The standard InChI is InChI=1S/C14H19N3O3/c1-10-9-13(3-4-14(10)17(19)20)16-7-5-12(6-8-16)15-11(2)18/h3-4,9,12H,5-8H2,1-2H3,(H,15,18). The van der Waals surface area contributed by atoms with Crippen molar-refractivity contribution in [2.45, 2.75) is 32.7 Å². The van der Waals surface area contributed by atoms with Gasteiger partial charge in [0.15, 0.2) is 0 Å². The van der Waals surface area contributed by atoms with Gasteiger partial charge in [0.1, 0.15) is 0 Å². The first-order valence-corrected chi connectivity index (χ1v) is 6.74. The molecule has 1 N–H and O–H groups in total. The van der Waals surface area contributed by atoms with Crippen LogP contribution in [0.25, 0.3) is 0 Å². The van der Waals surface area contributed by atoms with Gasteiger partial charge in [-0.05, 0) is 31.9 Å². The number of nitro benzene ring substituents is 1. The molecule has 0 saturated carbocycles. The molecule has 0 aliphatic carbocycles. The molecule has 2 rings (SSSR count). The Hall–Kier alpha value is -2.11. The van der Waals surface area contributed by atoms with Gasteiger partial charge in [-0.2, -0.15) is 0 Å². The van der Waals surface area contributed by atoms with E-state index in [1.54, 1.807) is 19.1 Å². The molecule has 0 bridgehead atoms. The number of nitrogens with one attached hydrogen (secondary N) is 1. The van der Waals surface area contributed by atoms with Crippen LogP contribution in [0.5, 0.6) is 0 Å². The molecule has 6 heteroatoms. The van der Waals surface area contributed by atoms with Crippen LogP contribution >= 0.6 is 0 Å². The number of aryl methyl sites for hydroxylation is 1. The summed E-state index contributed by atoms with van der Waals surface area (Å²) < 4.78 is 0. The molecule has 1 heterocycles. The highest BCUT2D eigenvalue weighted by atomic mass is 16.6. The van der Waals surface area contributed by atoms with Crippen LogP contribution in [-0.4, -0.2) is 30.0 Å². The van der Waals surface area contributed by atoms with Crippen molar-refractivity contribution < 1.29 is 9.72 Å². The minimum absolute atomic E-state index is 0.00892. The average molecular weight is 277 g/mol. The SMILES string of the molecule is CC(=O)NC1CCN(c2ccc([N+](=O)[O-])c(C)c2)CC1. The molecule has 0 spiro atoms. The molecule has 1 aromatic rings. The molecule has 0 unspecified atom stereocenters. The number of carbonyl (C=O) groups excluding carboxylic acids is 1. The van der Waals surface area contributed by atoms with Crippen LogP contribution in [-0.2, 0) is 4.79 Å². The highest BCUT2D eigenvalue weighted by Gasteiger charge is 2.21. The Labute approximate surface area is 117 Å². The van der Waals surface area contributed by atoms with Crippen LogP contribution in [0.4, 0.5) is 11.4 Å². The van der Waals surface area contributed by atoms with Crippen molar-refractivity contribution in [1.29, 1.82) is 0 Å². The average Bonchev–Trinajstić information content (AvgIpc) is 2.38. The van der Waals surface area contributed by atoms with Gasteiger partial charge >= 0.3 is 0 Å². The fraction of sp³-hybridized carbons (Fsp3) is 0.500. The summed E-state index contributed by atoms with van der Waals surface area (Å²) in [5.41, 5.74) is 1.84. The summed E-state index contributed by atoms with van der Waals surface area (Å²) in [6, 6.07) is 5.45. The monoisotopic (exact) mass is 277 g/mol. The van der Waals surface area contributed by atoms with E-state index in [-0.39, 0.29) is 22.6 Å². The molecule has 1 saturated heterocycles. The number of anilines is 1. The van der Waals surface area contributed by atoms with E-state index >= 15 is 0 Å². The van der Waals surface area contributed by atoms with Crippen molar-refractivity contribution in [2.24, 2.45) is 0 Å². The number of nitrogens with zero attached hydrogens (tertiary/aromatic N) is 2. The third kappa shape index (κ3) is 3.26. The molecule has 108 valence electrons. The van der Waals surface area contributed by atoms with Crippen LogP contribution in [0.3, 0.4) is 0 Å². The molecule has 6 nitrogen and oxygen atoms in total. The minimum Gasteiger partial charge on any atom is -0.371 e. The number of amides is 1. The van der Waals surface area contributed by atoms with Crippen molar-refractivity contribution in [1.82, 2.24) is 5.32 Å². The number of hydrogen-bond donors (Lipinski definition) is 1. The molecule has 1 aliphatic heterocycles. The highest BCUT2D eigenvalue weighted by molar-refractivity contribution is 5.73. The van der Waals surface area contributed by atoms with E-state index in [0.29, 0.717) is 5.56 Å². The smallest absolute Gasteiger partial charge is 0.272 e. The fourth-order valence-corrected chi connectivity index (χ4v) is 2.61. The lowest BCUT2D eigenvalue weighted by Gasteiger charge is -2.33. The van der Waals surface area contributed by atoms with Gasteiger partial charge in [-0.3, -0.25) is 14.9 Å². The number of rotatable bonds is 3. The largest absolute Gasteiger partial charge is 0.371 e. The van der Waals surface area contributed by atoms with Crippen LogP contribution in [0.1, 0.15) is 25.3 Å². The van der Waals surface area contributed by atoms with Crippen molar-refractivity contribution in [3.05, 3.63) is 33.9 Å². The lowest BCUT2D eigenvalue weighted by Crippen LogP contribution is -2.44. The fourth-order valence-electron chi connectivity index (χ4n) is 2.61. The Kier molecular flexibility index (Phi) is 4.22. The topological polar surface area (TPSA) is 75.5 Å². The van der Waals surface area contributed by atoms with Crippen LogP contribution in [0.15, 0.2) is 18.2 Å². The van der Waals surface area contributed by atoms with Gasteiger partial charge in [0.05, 0.1) is 4.92 Å². The maximum absolute atomic E-state index is 11.0. The normalized spacial score (nSPS) is 16.0. The maximum Gasteiger partial charge on any atom is 0.272 e. The van der Waals surface area contributed by atoms with Gasteiger partial charge in [0.2, 0.25) is 5.91 Å². The zero-order valence-corrected chi connectivity index (χ0v) is 11.8. The molecule has 20 heavy (non-hydrogen) atoms. The van der Waals surface area contributed by atoms with E-state index in [0.717, 1.165) is 31.6 Å². The van der Waals surface area contributed by atoms with Gasteiger partial charge in [0, 0.05) is 43.4 Å². The zero-order valence-electron chi connectivity index (χ0n) is 11.8. The number of benzene rings is 1. The Morgan fingerprint density at radius 2 is 2.05 bits per heavy atom. The first-order valence-electron chi connectivity index (χ1n) is 6.74. The van der Waals surface area contributed by atoms with E-state index in [1.807, 2.05) is 6.07 Å². The third-order valence-electron chi connectivity index (χ3n) is 3.64. The molecule has 1 aromatic carbocycles. The predicted molar refractivity (Wildman–Crippen MR) is 76.9 cm³/mol. The van der Waals surface area contributed by atoms with E-state index in [1.165, 1.54) is 6.92 Å². The van der Waals surface area contributed by atoms with E-state index < -0.39 is 0 Å². The summed E-state index contributed by atoms with van der Waals surface area (Å²) in [5, 5.41) is 13.7. The second-order valence-electron chi connectivity index (χ2n) is 5.19. The van der Waals surface area contributed by atoms with Gasteiger partial charge in [0.25, 0.3) is 5.69 Å². The first-order chi connectivity index (χ1) is 9.47. The number of hydrogen-bond acceptors (Lipinski definition) is 4. The van der Waals surface area contributed by atoms with Gasteiger partial charge < -0.3 is 10.2 Å². The van der Waals surface area contributed by atoms with Crippen LogP contribution in [0.2, 0.25) is 0 Å².